The van der Waals surface area contributed by atoms with Crippen LogP contribution in [0.3, 0.4) is 0 Å². The van der Waals surface area contributed by atoms with Crippen LogP contribution in [0.5, 0.6) is 5.75 Å². The van der Waals surface area contributed by atoms with Crippen LogP contribution in [0.2, 0.25) is 0 Å². The van der Waals surface area contributed by atoms with Crippen LogP contribution in [-0.2, 0) is 13.5 Å². The molecule has 0 saturated carbocycles. The lowest BCUT2D eigenvalue weighted by atomic mass is 10.1. The molecule has 0 aliphatic heterocycles. The minimum atomic E-state index is 0.945. The lowest BCUT2D eigenvalue weighted by Gasteiger charge is -2.06. The van der Waals surface area contributed by atoms with E-state index in [0.717, 1.165) is 25.1 Å². The smallest absolute Gasteiger partial charge is 0.119 e. The summed E-state index contributed by atoms with van der Waals surface area (Å²) in [5, 5.41) is 4.52. The first-order valence-electron chi connectivity index (χ1n) is 6.44. The molecule has 0 amide bonds. The second kappa shape index (κ2) is 5.44. The summed E-state index contributed by atoms with van der Waals surface area (Å²) < 4.78 is 7.59. The fraction of sp³-hybridized carbons (Fsp3) is 0.467. The monoisotopic (exact) mass is 246 g/mol. The number of nitrogens with one attached hydrogen (secondary N) is 1. The molecule has 0 saturated heterocycles. The van der Waals surface area contributed by atoms with E-state index in [9.17, 15) is 0 Å². The highest BCUT2D eigenvalue weighted by Crippen LogP contribution is 2.29. The van der Waals surface area contributed by atoms with Crippen molar-refractivity contribution in [3.8, 4) is 5.75 Å². The fourth-order valence-corrected chi connectivity index (χ4v) is 2.60. The van der Waals surface area contributed by atoms with Gasteiger partial charge in [0, 0.05) is 18.6 Å². The normalized spacial score (nSPS) is 11.1. The quantitative estimate of drug-likeness (QED) is 0.821. The summed E-state index contributed by atoms with van der Waals surface area (Å²) in [4.78, 5) is 0. The maximum absolute atomic E-state index is 5.37. The number of aromatic nitrogens is 1. The summed E-state index contributed by atoms with van der Waals surface area (Å²) in [6.45, 7) is 3.20. The van der Waals surface area contributed by atoms with Gasteiger partial charge in [-0.2, -0.15) is 0 Å². The first kappa shape index (κ1) is 13.0. The number of benzene rings is 1. The average Bonchev–Trinajstić information content (AvgIpc) is 2.67. The van der Waals surface area contributed by atoms with Crippen LogP contribution in [0, 0.1) is 6.92 Å². The Balaban J connectivity index is 2.44. The van der Waals surface area contributed by atoms with Crippen molar-refractivity contribution < 1.29 is 4.74 Å². The van der Waals surface area contributed by atoms with Crippen LogP contribution < -0.4 is 10.1 Å². The van der Waals surface area contributed by atoms with Gasteiger partial charge in [0.15, 0.2) is 0 Å². The summed E-state index contributed by atoms with van der Waals surface area (Å²) in [5.74, 6) is 0.945. The first-order chi connectivity index (χ1) is 8.67. The summed E-state index contributed by atoms with van der Waals surface area (Å²) >= 11 is 0. The Kier molecular flexibility index (Phi) is 3.92. The molecule has 1 N–H and O–H groups in total. The van der Waals surface area contributed by atoms with Crippen LogP contribution in [-0.4, -0.2) is 25.3 Å². The molecule has 0 aliphatic rings. The number of ether oxygens (including phenoxy) is 1. The van der Waals surface area contributed by atoms with Crippen molar-refractivity contribution >= 4 is 10.9 Å². The minimum Gasteiger partial charge on any atom is -0.497 e. The number of fused-ring (bicyclic) bond motifs is 1. The molecule has 0 spiro atoms. The van der Waals surface area contributed by atoms with E-state index in [1.54, 1.807) is 7.11 Å². The first-order valence-corrected chi connectivity index (χ1v) is 6.44. The van der Waals surface area contributed by atoms with E-state index in [0.29, 0.717) is 0 Å². The largest absolute Gasteiger partial charge is 0.497 e. The Bertz CT molecular complexity index is 543. The number of methoxy groups -OCH3 is 1. The summed E-state index contributed by atoms with van der Waals surface area (Å²) in [6.07, 6.45) is 4.50. The van der Waals surface area contributed by atoms with E-state index >= 15 is 0 Å². The van der Waals surface area contributed by atoms with Gasteiger partial charge in [0.25, 0.3) is 0 Å². The predicted molar refractivity (Wildman–Crippen MR) is 76.5 cm³/mol. The fourth-order valence-electron chi connectivity index (χ4n) is 2.60. The molecule has 18 heavy (non-hydrogen) atoms. The molecule has 0 fully saturated rings. The molecule has 98 valence electrons. The third kappa shape index (κ3) is 2.36. The van der Waals surface area contributed by atoms with Gasteiger partial charge in [-0.1, -0.05) is 0 Å². The highest BCUT2D eigenvalue weighted by atomic mass is 16.5. The van der Waals surface area contributed by atoms with Gasteiger partial charge in [0.2, 0.25) is 0 Å². The van der Waals surface area contributed by atoms with Gasteiger partial charge >= 0.3 is 0 Å². The minimum absolute atomic E-state index is 0.945. The molecule has 3 heteroatoms. The van der Waals surface area contributed by atoms with E-state index in [4.69, 9.17) is 4.74 Å². The second-order valence-electron chi connectivity index (χ2n) is 4.81. The third-order valence-electron chi connectivity index (χ3n) is 3.43. The topological polar surface area (TPSA) is 26.2 Å². The zero-order valence-electron chi connectivity index (χ0n) is 11.7. The van der Waals surface area contributed by atoms with Gasteiger partial charge in [-0.25, -0.2) is 0 Å². The van der Waals surface area contributed by atoms with E-state index in [-0.39, 0.29) is 0 Å². The molecule has 0 bridgehead atoms. The Hall–Kier alpha value is -1.48. The highest BCUT2D eigenvalue weighted by molar-refractivity contribution is 5.88. The molecular weight excluding hydrogens is 224 g/mol. The molecular formula is C15H22N2O. The number of hydrogen-bond acceptors (Lipinski definition) is 2. The molecule has 1 aromatic heterocycles. The van der Waals surface area contributed by atoms with Gasteiger partial charge in [0.05, 0.1) is 12.6 Å². The van der Waals surface area contributed by atoms with Crippen LogP contribution >= 0.6 is 0 Å². The van der Waals surface area contributed by atoms with Crippen molar-refractivity contribution in [2.75, 3.05) is 20.7 Å². The van der Waals surface area contributed by atoms with Gasteiger partial charge < -0.3 is 14.6 Å². The molecule has 2 rings (SSSR count). The van der Waals surface area contributed by atoms with E-state index in [1.807, 2.05) is 7.05 Å². The van der Waals surface area contributed by atoms with Crippen molar-refractivity contribution in [1.82, 2.24) is 9.88 Å². The number of nitrogens with zero attached hydrogens (tertiary/aromatic N) is 1. The van der Waals surface area contributed by atoms with E-state index in [2.05, 4.69) is 42.2 Å². The molecule has 2 aromatic rings. The predicted octanol–water partition coefficient (Wildman–Crippen LogP) is 2.65. The molecule has 1 heterocycles. The van der Waals surface area contributed by atoms with Gasteiger partial charge in [0.1, 0.15) is 5.75 Å². The number of aryl methyl sites for hydroxylation is 3. The Morgan fingerprint density at radius 2 is 2.11 bits per heavy atom. The standard InChI is InChI=1S/C15H22N2O/c1-11-8-13(18-4)9-14-12(6-5-7-16-2)10-17(3)15(11)14/h8-10,16H,5-7H2,1-4H3. The van der Waals surface area contributed by atoms with Gasteiger partial charge in [-0.05, 0) is 56.6 Å². The lowest BCUT2D eigenvalue weighted by Crippen LogP contribution is -2.08. The second-order valence-corrected chi connectivity index (χ2v) is 4.81. The summed E-state index contributed by atoms with van der Waals surface area (Å²) in [7, 11) is 5.84. The molecule has 3 nitrogen and oxygen atoms in total. The van der Waals surface area contributed by atoms with Crippen LogP contribution in [0.25, 0.3) is 10.9 Å². The highest BCUT2D eigenvalue weighted by Gasteiger charge is 2.10. The molecule has 0 radical (unpaired) electrons. The van der Waals surface area contributed by atoms with E-state index < -0.39 is 0 Å². The molecule has 1 aromatic carbocycles. The lowest BCUT2D eigenvalue weighted by molar-refractivity contribution is 0.415. The molecule has 0 aliphatic carbocycles. The van der Waals surface area contributed by atoms with Crippen LogP contribution in [0.1, 0.15) is 17.5 Å². The Labute approximate surface area is 109 Å². The Morgan fingerprint density at radius 3 is 2.78 bits per heavy atom. The van der Waals surface area contributed by atoms with Crippen molar-refractivity contribution in [3.63, 3.8) is 0 Å². The molecule has 0 unspecified atom stereocenters. The van der Waals surface area contributed by atoms with Crippen molar-refractivity contribution in [1.29, 1.82) is 0 Å². The maximum Gasteiger partial charge on any atom is 0.119 e. The SMILES string of the molecule is CNCCCc1cn(C)c2c(C)cc(OC)cc12. The maximum atomic E-state index is 5.37. The van der Waals surface area contributed by atoms with E-state index in [1.165, 1.54) is 22.0 Å². The van der Waals surface area contributed by atoms with Crippen LogP contribution in [0.15, 0.2) is 18.3 Å². The van der Waals surface area contributed by atoms with Crippen LogP contribution in [0.4, 0.5) is 0 Å². The third-order valence-corrected chi connectivity index (χ3v) is 3.43. The number of hydrogen-bond donors (Lipinski definition) is 1. The number of rotatable bonds is 5. The van der Waals surface area contributed by atoms with Crippen molar-refractivity contribution in [2.24, 2.45) is 7.05 Å². The van der Waals surface area contributed by atoms with Crippen molar-refractivity contribution in [3.05, 3.63) is 29.5 Å². The van der Waals surface area contributed by atoms with Crippen molar-refractivity contribution in [2.45, 2.75) is 19.8 Å². The molecule has 0 atom stereocenters. The zero-order chi connectivity index (χ0) is 13.1. The van der Waals surface area contributed by atoms with Gasteiger partial charge in [-0.15, -0.1) is 0 Å². The summed E-state index contributed by atoms with van der Waals surface area (Å²) in [6, 6.07) is 4.25. The van der Waals surface area contributed by atoms with Gasteiger partial charge in [-0.3, -0.25) is 0 Å². The zero-order valence-corrected chi connectivity index (χ0v) is 11.7. The average molecular weight is 246 g/mol. The summed E-state index contributed by atoms with van der Waals surface area (Å²) in [5.41, 5.74) is 3.99. The Morgan fingerprint density at radius 1 is 1.33 bits per heavy atom.